The Morgan fingerprint density at radius 1 is 1.00 bits per heavy atom. The summed E-state index contributed by atoms with van der Waals surface area (Å²) in [5, 5.41) is 1.36. The smallest absolute Gasteiger partial charge is 0.319 e. The van der Waals surface area contributed by atoms with E-state index in [4.69, 9.17) is 9.47 Å². The number of benzene rings is 2. The highest BCUT2D eigenvalue weighted by atomic mass is 32.2. The standard InChI is InChI=1S/C26H27N3O3S/c1-4-22(26(30)32-6-3)33-25-23-21(18-10-8-7-9-11-18)16-29(24(23)27-17-28-25)19-12-14-20(15-13-19)31-5-2/h7-17,22H,4-6H2,1-3H3. The molecule has 33 heavy (non-hydrogen) atoms. The topological polar surface area (TPSA) is 66.2 Å². The molecule has 0 aliphatic heterocycles. The molecule has 0 aliphatic rings. The third-order valence-corrected chi connectivity index (χ3v) is 6.58. The van der Waals surface area contributed by atoms with E-state index in [1.165, 1.54) is 11.8 Å². The Morgan fingerprint density at radius 2 is 1.76 bits per heavy atom. The minimum absolute atomic E-state index is 0.219. The van der Waals surface area contributed by atoms with Gasteiger partial charge in [-0.1, -0.05) is 49.0 Å². The fourth-order valence-electron chi connectivity index (χ4n) is 3.69. The number of hydrogen-bond acceptors (Lipinski definition) is 6. The number of rotatable bonds is 9. The molecule has 0 spiro atoms. The number of carbonyl (C=O) groups is 1. The van der Waals surface area contributed by atoms with Gasteiger partial charge in [-0.25, -0.2) is 9.97 Å². The molecular weight excluding hydrogens is 434 g/mol. The SMILES string of the molecule is CCOC(=O)C(CC)Sc1ncnc2c1c(-c1ccccc1)cn2-c1ccc(OCC)cc1. The minimum atomic E-state index is -0.333. The molecule has 0 amide bonds. The van der Waals surface area contributed by atoms with Gasteiger partial charge < -0.3 is 14.0 Å². The van der Waals surface area contributed by atoms with Gasteiger partial charge >= 0.3 is 5.97 Å². The second-order valence-corrected chi connectivity index (χ2v) is 8.54. The first-order valence-corrected chi connectivity index (χ1v) is 12.0. The van der Waals surface area contributed by atoms with E-state index in [0.717, 1.165) is 38.6 Å². The van der Waals surface area contributed by atoms with Crippen LogP contribution in [0.5, 0.6) is 5.75 Å². The van der Waals surface area contributed by atoms with Gasteiger partial charge in [0.2, 0.25) is 0 Å². The second kappa shape index (κ2) is 10.5. The molecule has 6 nitrogen and oxygen atoms in total. The maximum atomic E-state index is 12.5. The molecule has 0 aliphatic carbocycles. The maximum absolute atomic E-state index is 12.5. The Balaban J connectivity index is 1.86. The first-order chi connectivity index (χ1) is 16.2. The van der Waals surface area contributed by atoms with Crippen molar-refractivity contribution in [3.63, 3.8) is 0 Å². The van der Waals surface area contributed by atoms with Crippen LogP contribution in [0, 0.1) is 0 Å². The summed E-state index contributed by atoms with van der Waals surface area (Å²) in [6.07, 6.45) is 4.29. The average Bonchev–Trinajstić information content (AvgIpc) is 3.24. The van der Waals surface area contributed by atoms with Gasteiger partial charge in [-0.15, -0.1) is 0 Å². The van der Waals surface area contributed by atoms with Crippen molar-refractivity contribution in [2.75, 3.05) is 13.2 Å². The highest BCUT2D eigenvalue weighted by Crippen LogP contribution is 2.38. The van der Waals surface area contributed by atoms with E-state index in [1.54, 1.807) is 6.33 Å². The highest BCUT2D eigenvalue weighted by Gasteiger charge is 2.24. The molecule has 2 aromatic carbocycles. The molecule has 0 saturated carbocycles. The van der Waals surface area contributed by atoms with Gasteiger partial charge in [0.1, 0.15) is 28.0 Å². The van der Waals surface area contributed by atoms with Crippen molar-refractivity contribution in [3.8, 4) is 22.6 Å². The van der Waals surface area contributed by atoms with Crippen molar-refractivity contribution < 1.29 is 14.3 Å². The van der Waals surface area contributed by atoms with Crippen LogP contribution in [-0.4, -0.2) is 39.0 Å². The highest BCUT2D eigenvalue weighted by molar-refractivity contribution is 8.00. The van der Waals surface area contributed by atoms with Gasteiger partial charge in [-0.2, -0.15) is 0 Å². The monoisotopic (exact) mass is 461 g/mol. The lowest BCUT2D eigenvalue weighted by atomic mass is 10.1. The van der Waals surface area contributed by atoms with E-state index in [0.29, 0.717) is 19.6 Å². The molecule has 1 unspecified atom stereocenters. The fourth-order valence-corrected chi connectivity index (χ4v) is 4.72. The summed E-state index contributed by atoms with van der Waals surface area (Å²) in [5.74, 6) is 0.607. The zero-order valence-electron chi connectivity index (χ0n) is 19.0. The van der Waals surface area contributed by atoms with Crippen molar-refractivity contribution in [1.29, 1.82) is 0 Å². The Labute approximate surface area is 198 Å². The lowest BCUT2D eigenvalue weighted by Crippen LogP contribution is -2.19. The minimum Gasteiger partial charge on any atom is -0.494 e. The fraction of sp³-hybridized carbons (Fsp3) is 0.269. The van der Waals surface area contributed by atoms with Crippen LogP contribution < -0.4 is 4.74 Å². The van der Waals surface area contributed by atoms with Gasteiger partial charge in [-0.3, -0.25) is 4.79 Å². The zero-order chi connectivity index (χ0) is 23.2. The largest absolute Gasteiger partial charge is 0.494 e. The van der Waals surface area contributed by atoms with Crippen LogP contribution in [-0.2, 0) is 9.53 Å². The van der Waals surface area contributed by atoms with Gasteiger partial charge in [0.25, 0.3) is 0 Å². The molecule has 0 fully saturated rings. The number of thioether (sulfide) groups is 1. The lowest BCUT2D eigenvalue weighted by molar-refractivity contribution is -0.142. The van der Waals surface area contributed by atoms with Crippen molar-refractivity contribution in [3.05, 3.63) is 67.1 Å². The number of carbonyl (C=O) groups excluding carboxylic acids is 1. The average molecular weight is 462 g/mol. The summed E-state index contributed by atoms with van der Waals surface area (Å²) < 4.78 is 12.9. The molecule has 2 heterocycles. The van der Waals surface area contributed by atoms with Crippen molar-refractivity contribution in [2.24, 2.45) is 0 Å². The summed E-state index contributed by atoms with van der Waals surface area (Å²) in [6.45, 7) is 6.75. The quantitative estimate of drug-likeness (QED) is 0.175. The number of esters is 1. The first-order valence-electron chi connectivity index (χ1n) is 11.1. The summed E-state index contributed by atoms with van der Waals surface area (Å²) in [6, 6.07) is 18.1. The Bertz CT molecular complexity index is 1220. The summed E-state index contributed by atoms with van der Waals surface area (Å²) in [5.41, 5.74) is 3.83. The van der Waals surface area contributed by atoms with Crippen LogP contribution in [0.15, 0.2) is 72.1 Å². The van der Waals surface area contributed by atoms with E-state index in [9.17, 15) is 4.79 Å². The van der Waals surface area contributed by atoms with E-state index < -0.39 is 0 Å². The van der Waals surface area contributed by atoms with E-state index in [1.807, 2.05) is 63.2 Å². The number of fused-ring (bicyclic) bond motifs is 1. The van der Waals surface area contributed by atoms with Crippen molar-refractivity contribution in [1.82, 2.24) is 14.5 Å². The Hall–Kier alpha value is -3.32. The van der Waals surface area contributed by atoms with Crippen LogP contribution in [0.4, 0.5) is 0 Å². The predicted molar refractivity (Wildman–Crippen MR) is 132 cm³/mol. The molecule has 0 bridgehead atoms. The molecule has 0 radical (unpaired) electrons. The lowest BCUT2D eigenvalue weighted by Gasteiger charge is -2.13. The van der Waals surface area contributed by atoms with Crippen LogP contribution in [0.2, 0.25) is 0 Å². The molecule has 0 N–H and O–H groups in total. The zero-order valence-corrected chi connectivity index (χ0v) is 19.8. The number of ether oxygens (including phenoxy) is 2. The van der Waals surface area contributed by atoms with E-state index in [2.05, 4.69) is 32.9 Å². The predicted octanol–water partition coefficient (Wildman–Crippen LogP) is 5.92. The third kappa shape index (κ3) is 4.88. The van der Waals surface area contributed by atoms with Gasteiger partial charge in [0, 0.05) is 17.4 Å². The van der Waals surface area contributed by atoms with Gasteiger partial charge in [0.05, 0.1) is 18.6 Å². The third-order valence-electron chi connectivity index (χ3n) is 5.23. The summed E-state index contributed by atoms with van der Waals surface area (Å²) in [7, 11) is 0. The van der Waals surface area contributed by atoms with Crippen LogP contribution in [0.1, 0.15) is 27.2 Å². The van der Waals surface area contributed by atoms with E-state index in [-0.39, 0.29) is 11.2 Å². The molecule has 4 aromatic rings. The molecule has 0 saturated heterocycles. The van der Waals surface area contributed by atoms with Crippen LogP contribution in [0.25, 0.3) is 27.8 Å². The van der Waals surface area contributed by atoms with Gasteiger partial charge in [-0.05, 0) is 50.1 Å². The first kappa shape index (κ1) is 22.9. The normalized spacial score (nSPS) is 12.0. The van der Waals surface area contributed by atoms with Crippen LogP contribution in [0.3, 0.4) is 0 Å². The molecule has 170 valence electrons. The van der Waals surface area contributed by atoms with Crippen LogP contribution >= 0.6 is 11.8 Å². The second-order valence-electron chi connectivity index (χ2n) is 7.35. The number of nitrogens with zero attached hydrogens (tertiary/aromatic N) is 3. The number of hydrogen-bond donors (Lipinski definition) is 0. The molecule has 2 aromatic heterocycles. The van der Waals surface area contributed by atoms with E-state index >= 15 is 0 Å². The molecule has 7 heteroatoms. The van der Waals surface area contributed by atoms with Gasteiger partial charge in [0.15, 0.2) is 0 Å². The summed E-state index contributed by atoms with van der Waals surface area (Å²) >= 11 is 1.43. The molecule has 4 rings (SSSR count). The van der Waals surface area contributed by atoms with Crippen molar-refractivity contribution >= 4 is 28.8 Å². The summed E-state index contributed by atoms with van der Waals surface area (Å²) in [4.78, 5) is 21.7. The Kier molecular flexibility index (Phi) is 7.29. The Morgan fingerprint density at radius 3 is 2.42 bits per heavy atom. The number of aromatic nitrogens is 3. The maximum Gasteiger partial charge on any atom is 0.319 e. The molecule has 1 atom stereocenters. The molecular formula is C26H27N3O3S. The van der Waals surface area contributed by atoms with Crippen molar-refractivity contribution in [2.45, 2.75) is 37.5 Å².